The molecule has 2 amide bonds. The molecular weight excluding hydrogens is 673 g/mol. The van der Waals surface area contributed by atoms with Crippen LogP contribution in [0.25, 0.3) is 10.9 Å². The molecule has 3 saturated heterocycles. The van der Waals surface area contributed by atoms with Crippen molar-refractivity contribution >= 4 is 49.8 Å². The van der Waals surface area contributed by atoms with Gasteiger partial charge in [0.25, 0.3) is 15.6 Å². The predicted octanol–water partition coefficient (Wildman–Crippen LogP) is 2.13. The summed E-state index contributed by atoms with van der Waals surface area (Å²) >= 11 is 0. The lowest BCUT2D eigenvalue weighted by molar-refractivity contribution is -0.140. The summed E-state index contributed by atoms with van der Waals surface area (Å²) in [7, 11) is -1.56. The first-order valence-electron chi connectivity index (χ1n) is 17.6. The number of anilines is 3. The number of likely N-dealkylation sites (N-methyl/N-ethyl adjacent to an activating group) is 1. The zero-order chi connectivity index (χ0) is 36.2. The SMILES string of the molecule is C=CS(=O)(=O)Nc1ccccc1N1CCC(C(=O)N2CCC(O)(Cn3cnc4cc(NC(=O)CCN5CCN(C)CC5)ccc4c3=O)CC2)CC1. The Hall–Kier alpha value is -4.31. The topological polar surface area (TPSA) is 160 Å². The monoisotopic (exact) mass is 720 g/mol. The number of hydrogen-bond donors (Lipinski definition) is 3. The quantitative estimate of drug-likeness (QED) is 0.268. The summed E-state index contributed by atoms with van der Waals surface area (Å²) in [5.74, 6) is -0.190. The molecule has 0 atom stereocenters. The third-order valence-electron chi connectivity index (χ3n) is 10.4. The standard InChI is InChI=1S/C36H48N8O6S/c1-3-51(49,50)39-30-6-4-5-7-32(30)42-16-10-27(11-17-42)34(46)43-18-13-36(48,14-19-43)25-44-26-37-31-24-28(8-9-29(31)35(44)47)38-33(45)12-15-41-22-20-40(2)21-23-41/h3-9,24,26-27,39,48H,1,10-23,25H2,2H3,(H,38,45). The molecule has 3 aliphatic rings. The van der Waals surface area contributed by atoms with Gasteiger partial charge in [0.15, 0.2) is 0 Å². The van der Waals surface area contributed by atoms with Crippen LogP contribution in [0.1, 0.15) is 32.1 Å². The average Bonchev–Trinajstić information content (AvgIpc) is 3.13. The summed E-state index contributed by atoms with van der Waals surface area (Å²) in [5, 5.41) is 15.7. The van der Waals surface area contributed by atoms with Crippen molar-refractivity contribution in [3.63, 3.8) is 0 Å². The fourth-order valence-corrected chi connectivity index (χ4v) is 7.74. The van der Waals surface area contributed by atoms with E-state index in [1.54, 1.807) is 30.3 Å². The van der Waals surface area contributed by atoms with Gasteiger partial charge in [0.1, 0.15) is 0 Å². The molecule has 4 heterocycles. The lowest BCUT2D eigenvalue weighted by Crippen LogP contribution is -2.51. The van der Waals surface area contributed by atoms with Crippen LogP contribution in [0.2, 0.25) is 0 Å². The molecule has 0 radical (unpaired) electrons. The summed E-state index contributed by atoms with van der Waals surface area (Å²) in [5.41, 5.74) is 0.837. The zero-order valence-electron chi connectivity index (χ0n) is 29.2. The van der Waals surface area contributed by atoms with Crippen LogP contribution in [-0.4, -0.2) is 121 Å². The average molecular weight is 721 g/mol. The second-order valence-electron chi connectivity index (χ2n) is 14.0. The van der Waals surface area contributed by atoms with Crippen molar-refractivity contribution in [3.05, 3.63) is 71.1 Å². The molecule has 274 valence electrons. The number of carbonyl (C=O) groups is 2. The number of sulfonamides is 1. The van der Waals surface area contributed by atoms with Crippen molar-refractivity contribution in [1.29, 1.82) is 0 Å². The third-order valence-corrected chi connectivity index (χ3v) is 11.3. The molecular formula is C36H48N8O6S. The largest absolute Gasteiger partial charge is 0.388 e. The predicted molar refractivity (Wildman–Crippen MR) is 198 cm³/mol. The molecule has 0 unspecified atom stereocenters. The van der Waals surface area contributed by atoms with E-state index in [0.29, 0.717) is 87.1 Å². The second-order valence-corrected chi connectivity index (χ2v) is 15.6. The fraction of sp³-hybridized carbons (Fsp3) is 0.500. The molecule has 0 saturated carbocycles. The molecule has 3 N–H and O–H groups in total. The Morgan fingerprint density at radius 3 is 2.43 bits per heavy atom. The first kappa shape index (κ1) is 36.5. The Morgan fingerprint density at radius 1 is 1.02 bits per heavy atom. The summed E-state index contributed by atoms with van der Waals surface area (Å²) in [6.45, 7) is 9.99. The maximum atomic E-state index is 13.5. The van der Waals surface area contributed by atoms with Crippen molar-refractivity contribution in [1.82, 2.24) is 24.3 Å². The van der Waals surface area contributed by atoms with Crippen LogP contribution in [0.5, 0.6) is 0 Å². The highest BCUT2D eigenvalue weighted by atomic mass is 32.2. The number of aromatic nitrogens is 2. The number of rotatable bonds is 11. The van der Waals surface area contributed by atoms with Crippen LogP contribution >= 0.6 is 0 Å². The first-order chi connectivity index (χ1) is 24.4. The van der Waals surface area contributed by atoms with E-state index in [4.69, 9.17) is 0 Å². The molecule has 15 heteroatoms. The van der Waals surface area contributed by atoms with Gasteiger partial charge in [0.05, 0.1) is 40.8 Å². The molecule has 14 nitrogen and oxygen atoms in total. The number of benzene rings is 2. The summed E-state index contributed by atoms with van der Waals surface area (Å²) in [4.78, 5) is 52.4. The van der Waals surface area contributed by atoms with E-state index in [2.05, 4.69) is 43.3 Å². The smallest absolute Gasteiger partial charge is 0.261 e. The molecule has 51 heavy (non-hydrogen) atoms. The molecule has 3 fully saturated rings. The number of para-hydroxylation sites is 2. The van der Waals surface area contributed by atoms with Crippen molar-refractivity contribution in [3.8, 4) is 0 Å². The van der Waals surface area contributed by atoms with E-state index in [0.717, 1.165) is 37.3 Å². The lowest BCUT2D eigenvalue weighted by atomic mass is 9.89. The van der Waals surface area contributed by atoms with E-state index in [1.165, 1.54) is 10.9 Å². The number of piperazine rings is 1. The Kier molecular flexibility index (Phi) is 11.1. The minimum Gasteiger partial charge on any atom is -0.388 e. The minimum absolute atomic E-state index is 0.0594. The Labute approximate surface area is 298 Å². The number of aliphatic hydroxyl groups is 1. The normalized spacial score (nSPS) is 19.2. The summed E-state index contributed by atoms with van der Waals surface area (Å²) in [6.07, 6.45) is 3.74. The van der Waals surface area contributed by atoms with Gasteiger partial charge in [-0.1, -0.05) is 18.7 Å². The molecule has 0 aliphatic carbocycles. The maximum absolute atomic E-state index is 13.5. The van der Waals surface area contributed by atoms with Crippen LogP contribution in [-0.2, 0) is 26.2 Å². The molecule has 1 aromatic heterocycles. The Morgan fingerprint density at radius 2 is 1.73 bits per heavy atom. The van der Waals surface area contributed by atoms with Gasteiger partial charge in [0.2, 0.25) is 11.8 Å². The number of amides is 2. The number of carbonyl (C=O) groups excluding carboxylic acids is 2. The fourth-order valence-electron chi connectivity index (χ4n) is 7.18. The summed E-state index contributed by atoms with van der Waals surface area (Å²) < 4.78 is 28.2. The van der Waals surface area contributed by atoms with Gasteiger partial charge >= 0.3 is 0 Å². The van der Waals surface area contributed by atoms with Crippen molar-refractivity contribution < 1.29 is 23.1 Å². The minimum atomic E-state index is -3.66. The van der Waals surface area contributed by atoms with Gasteiger partial charge in [-0.15, -0.1) is 0 Å². The molecule has 3 aromatic rings. The van der Waals surface area contributed by atoms with Crippen molar-refractivity contribution in [2.45, 2.75) is 44.2 Å². The van der Waals surface area contributed by atoms with Gasteiger partial charge in [-0.25, -0.2) is 13.4 Å². The number of nitrogens with one attached hydrogen (secondary N) is 2. The number of fused-ring (bicyclic) bond motifs is 1. The lowest BCUT2D eigenvalue weighted by Gasteiger charge is -2.41. The highest BCUT2D eigenvalue weighted by Crippen LogP contribution is 2.32. The third kappa shape index (κ3) is 8.95. The van der Waals surface area contributed by atoms with Crippen LogP contribution in [0.3, 0.4) is 0 Å². The van der Waals surface area contributed by atoms with E-state index in [9.17, 15) is 27.9 Å². The van der Waals surface area contributed by atoms with E-state index in [-0.39, 0.29) is 29.8 Å². The van der Waals surface area contributed by atoms with E-state index < -0.39 is 15.6 Å². The molecule has 6 rings (SSSR count). The van der Waals surface area contributed by atoms with E-state index in [1.807, 2.05) is 17.0 Å². The summed E-state index contributed by atoms with van der Waals surface area (Å²) in [6, 6.07) is 12.2. The molecule has 2 aromatic carbocycles. The van der Waals surface area contributed by atoms with Gasteiger partial charge < -0.3 is 30.0 Å². The van der Waals surface area contributed by atoms with Gasteiger partial charge in [-0.05, 0) is 63.1 Å². The molecule has 3 aliphatic heterocycles. The van der Waals surface area contributed by atoms with Crippen LogP contribution in [0.15, 0.2) is 65.6 Å². The van der Waals surface area contributed by atoms with Crippen LogP contribution < -0.4 is 20.5 Å². The number of piperidine rings is 2. The van der Waals surface area contributed by atoms with E-state index >= 15 is 0 Å². The van der Waals surface area contributed by atoms with Gasteiger partial charge in [0, 0.05) is 82.3 Å². The molecule has 0 bridgehead atoms. The Bertz CT molecular complexity index is 1910. The second kappa shape index (κ2) is 15.5. The maximum Gasteiger partial charge on any atom is 0.261 e. The van der Waals surface area contributed by atoms with Crippen LogP contribution in [0.4, 0.5) is 17.1 Å². The van der Waals surface area contributed by atoms with Gasteiger partial charge in [-0.2, -0.15) is 0 Å². The zero-order valence-corrected chi connectivity index (χ0v) is 30.0. The number of hydrogen-bond acceptors (Lipinski definition) is 10. The van der Waals surface area contributed by atoms with Gasteiger partial charge in [-0.3, -0.25) is 23.7 Å². The Balaban J connectivity index is 0.994. The van der Waals surface area contributed by atoms with Crippen molar-refractivity contribution in [2.75, 3.05) is 80.9 Å². The van der Waals surface area contributed by atoms with Crippen molar-refractivity contribution in [2.24, 2.45) is 5.92 Å². The highest BCUT2D eigenvalue weighted by molar-refractivity contribution is 7.95. The number of likely N-dealkylation sites (tertiary alicyclic amines) is 1. The number of nitrogens with zero attached hydrogens (tertiary/aromatic N) is 6. The first-order valence-corrected chi connectivity index (χ1v) is 19.2. The van der Waals surface area contributed by atoms with Crippen LogP contribution in [0, 0.1) is 5.92 Å². The highest BCUT2D eigenvalue weighted by Gasteiger charge is 2.37. The molecule has 0 spiro atoms.